The zero-order valence-corrected chi connectivity index (χ0v) is 13.9. The monoisotopic (exact) mass is 322 g/mol. The van der Waals surface area contributed by atoms with Gasteiger partial charge in [-0.05, 0) is 37.4 Å². The largest absolute Gasteiger partial charge is 0.260 e. The minimum atomic E-state index is -3.56. The molecule has 4 nitrogen and oxygen atoms in total. The molecule has 1 unspecified atom stereocenters. The highest BCUT2D eigenvalue weighted by Crippen LogP contribution is 2.30. The van der Waals surface area contributed by atoms with Crippen LogP contribution in [-0.2, 0) is 10.0 Å². The van der Waals surface area contributed by atoms with E-state index in [4.69, 9.17) is 0 Å². The van der Waals surface area contributed by atoms with Gasteiger partial charge in [0.1, 0.15) is 0 Å². The lowest BCUT2D eigenvalue weighted by atomic mass is 10.2. The number of hydrogen-bond acceptors (Lipinski definition) is 4. The predicted octanol–water partition coefficient (Wildman–Crippen LogP) is 3.19. The van der Waals surface area contributed by atoms with Crippen LogP contribution in [0.5, 0.6) is 0 Å². The third kappa shape index (κ3) is 3.28. The zero-order valence-electron chi connectivity index (χ0n) is 12.2. The van der Waals surface area contributed by atoms with Crippen molar-refractivity contribution >= 4 is 21.8 Å². The summed E-state index contributed by atoms with van der Waals surface area (Å²) in [6.45, 7) is 1.83. The molecule has 0 saturated carbocycles. The molecule has 1 heterocycles. The van der Waals surface area contributed by atoms with Crippen molar-refractivity contribution in [2.45, 2.75) is 22.8 Å². The minimum Gasteiger partial charge on any atom is -0.260 e. The fraction of sp³-hybridized carbons (Fsp3) is 0.267. The van der Waals surface area contributed by atoms with E-state index in [1.807, 2.05) is 43.5 Å². The Kier molecular flexibility index (Phi) is 5.03. The van der Waals surface area contributed by atoms with Crippen LogP contribution in [0.25, 0.3) is 0 Å². The molecule has 1 aromatic heterocycles. The summed E-state index contributed by atoms with van der Waals surface area (Å²) in [5, 5.41) is 0. The van der Waals surface area contributed by atoms with Crippen LogP contribution >= 0.6 is 11.8 Å². The normalized spacial score (nSPS) is 13.3. The average Bonchev–Trinajstić information content (AvgIpc) is 2.54. The number of thioether (sulfide) groups is 1. The second kappa shape index (κ2) is 6.60. The van der Waals surface area contributed by atoms with E-state index in [1.54, 1.807) is 25.4 Å². The zero-order chi connectivity index (χ0) is 15.5. The number of benzene rings is 1. The van der Waals surface area contributed by atoms with Crippen molar-refractivity contribution in [3.05, 3.63) is 54.4 Å². The topological polar surface area (TPSA) is 50.3 Å². The fourth-order valence-corrected chi connectivity index (χ4v) is 4.46. The summed E-state index contributed by atoms with van der Waals surface area (Å²) < 4.78 is 27.0. The Morgan fingerprint density at radius 3 is 2.43 bits per heavy atom. The van der Waals surface area contributed by atoms with Gasteiger partial charge >= 0.3 is 0 Å². The summed E-state index contributed by atoms with van der Waals surface area (Å²) >= 11 is 1.43. The smallest absolute Gasteiger partial charge is 0.244 e. The van der Waals surface area contributed by atoms with Crippen molar-refractivity contribution in [1.29, 1.82) is 0 Å². The van der Waals surface area contributed by atoms with Gasteiger partial charge in [-0.1, -0.05) is 18.2 Å². The molecule has 0 saturated heterocycles. The molecule has 0 aliphatic carbocycles. The summed E-state index contributed by atoms with van der Waals surface area (Å²) in [6.07, 6.45) is 3.54. The second-order valence-corrected chi connectivity index (χ2v) is 7.42. The van der Waals surface area contributed by atoms with Crippen molar-refractivity contribution < 1.29 is 8.42 Å². The van der Waals surface area contributed by atoms with E-state index in [9.17, 15) is 8.42 Å². The molecule has 0 fully saturated rings. The van der Waals surface area contributed by atoms with Crippen LogP contribution in [-0.4, -0.2) is 31.0 Å². The van der Waals surface area contributed by atoms with Crippen LogP contribution in [0.15, 0.2) is 58.5 Å². The number of pyridine rings is 1. The van der Waals surface area contributed by atoms with Crippen LogP contribution in [0.2, 0.25) is 0 Å². The Hall–Kier alpha value is -1.37. The number of nitrogens with zero attached hydrogens (tertiary/aromatic N) is 2. The summed E-state index contributed by atoms with van der Waals surface area (Å²) in [4.78, 5) is 5.32. The molecule has 1 atom stereocenters. The maximum absolute atomic E-state index is 12.8. The molecular formula is C15H18N2O2S2. The van der Waals surface area contributed by atoms with Gasteiger partial charge in [-0.25, -0.2) is 8.42 Å². The Morgan fingerprint density at radius 1 is 1.14 bits per heavy atom. The first-order valence-corrected chi connectivity index (χ1v) is 9.17. The predicted molar refractivity (Wildman–Crippen MR) is 85.8 cm³/mol. The van der Waals surface area contributed by atoms with Gasteiger partial charge in [0.25, 0.3) is 0 Å². The Balaban J connectivity index is 2.39. The molecule has 0 amide bonds. The molecule has 0 radical (unpaired) electrons. The number of aromatic nitrogens is 1. The van der Waals surface area contributed by atoms with Gasteiger partial charge < -0.3 is 0 Å². The maximum Gasteiger partial charge on any atom is 0.244 e. The van der Waals surface area contributed by atoms with Crippen molar-refractivity contribution in [3.8, 4) is 0 Å². The standard InChI is InChI=1S/C15H18N2O2S2/c1-12(13-8-6-7-11-16-13)17(2)21(18,19)15-10-5-4-9-14(15)20-3/h4-12H,1-3H3. The number of rotatable bonds is 5. The molecule has 0 spiro atoms. The Labute approximate surface area is 130 Å². The summed E-state index contributed by atoms with van der Waals surface area (Å²) in [7, 11) is -1.97. The molecular weight excluding hydrogens is 304 g/mol. The molecule has 112 valence electrons. The first-order chi connectivity index (χ1) is 9.98. The number of sulfonamides is 1. The van der Waals surface area contributed by atoms with Gasteiger partial charge in [0.2, 0.25) is 10.0 Å². The van der Waals surface area contributed by atoms with E-state index in [-0.39, 0.29) is 6.04 Å². The molecule has 1 aromatic carbocycles. The summed E-state index contributed by atoms with van der Waals surface area (Å²) in [5.41, 5.74) is 0.727. The van der Waals surface area contributed by atoms with Crippen LogP contribution in [0.3, 0.4) is 0 Å². The average molecular weight is 322 g/mol. The first kappa shape index (κ1) is 16.0. The van der Waals surface area contributed by atoms with Crippen LogP contribution in [0, 0.1) is 0 Å². The molecule has 0 N–H and O–H groups in total. The third-order valence-corrected chi connectivity index (χ3v) is 6.30. The Bertz CT molecular complexity index is 703. The van der Waals surface area contributed by atoms with Gasteiger partial charge in [-0.15, -0.1) is 11.8 Å². The van der Waals surface area contributed by atoms with E-state index >= 15 is 0 Å². The molecule has 0 bridgehead atoms. The van der Waals surface area contributed by atoms with Crippen molar-refractivity contribution in [2.75, 3.05) is 13.3 Å². The van der Waals surface area contributed by atoms with Crippen molar-refractivity contribution in [1.82, 2.24) is 9.29 Å². The van der Waals surface area contributed by atoms with Crippen LogP contribution in [0.4, 0.5) is 0 Å². The van der Waals surface area contributed by atoms with Gasteiger partial charge in [-0.3, -0.25) is 4.98 Å². The molecule has 0 aliphatic rings. The highest BCUT2D eigenvalue weighted by molar-refractivity contribution is 7.99. The van der Waals surface area contributed by atoms with Crippen LogP contribution < -0.4 is 0 Å². The maximum atomic E-state index is 12.8. The van der Waals surface area contributed by atoms with Crippen molar-refractivity contribution in [2.24, 2.45) is 0 Å². The highest BCUT2D eigenvalue weighted by atomic mass is 32.2. The fourth-order valence-electron chi connectivity index (χ4n) is 2.00. The summed E-state index contributed by atoms with van der Waals surface area (Å²) in [6, 6.07) is 12.2. The molecule has 2 rings (SSSR count). The lowest BCUT2D eigenvalue weighted by molar-refractivity contribution is 0.391. The SMILES string of the molecule is CSc1ccccc1S(=O)(=O)N(C)C(C)c1ccccn1. The lowest BCUT2D eigenvalue weighted by Crippen LogP contribution is -2.30. The first-order valence-electron chi connectivity index (χ1n) is 6.50. The number of hydrogen-bond donors (Lipinski definition) is 0. The molecule has 21 heavy (non-hydrogen) atoms. The third-order valence-electron chi connectivity index (χ3n) is 3.39. The lowest BCUT2D eigenvalue weighted by Gasteiger charge is -2.24. The van der Waals surface area contributed by atoms with E-state index in [0.717, 1.165) is 10.6 Å². The van der Waals surface area contributed by atoms with Gasteiger partial charge in [-0.2, -0.15) is 4.31 Å². The van der Waals surface area contributed by atoms with E-state index in [2.05, 4.69) is 4.98 Å². The Morgan fingerprint density at radius 2 is 1.81 bits per heavy atom. The van der Waals surface area contributed by atoms with E-state index < -0.39 is 10.0 Å². The molecule has 2 aromatic rings. The molecule has 0 aliphatic heterocycles. The van der Waals surface area contributed by atoms with E-state index in [1.165, 1.54) is 16.1 Å². The van der Waals surface area contributed by atoms with Gasteiger partial charge in [0, 0.05) is 18.1 Å². The van der Waals surface area contributed by atoms with Gasteiger partial charge in [0.15, 0.2) is 0 Å². The van der Waals surface area contributed by atoms with E-state index in [0.29, 0.717) is 4.90 Å². The van der Waals surface area contributed by atoms with Crippen LogP contribution in [0.1, 0.15) is 18.7 Å². The van der Waals surface area contributed by atoms with Crippen molar-refractivity contribution in [3.63, 3.8) is 0 Å². The quantitative estimate of drug-likeness (QED) is 0.793. The summed E-state index contributed by atoms with van der Waals surface area (Å²) in [5.74, 6) is 0. The minimum absolute atomic E-state index is 0.328. The second-order valence-electron chi connectivity index (χ2n) is 4.60. The van der Waals surface area contributed by atoms with Gasteiger partial charge in [0.05, 0.1) is 16.6 Å². The highest BCUT2D eigenvalue weighted by Gasteiger charge is 2.28. The molecule has 6 heteroatoms.